The van der Waals surface area contributed by atoms with Crippen molar-refractivity contribution in [2.45, 2.75) is 26.3 Å². The summed E-state index contributed by atoms with van der Waals surface area (Å²) in [6.07, 6.45) is 1.55. The second-order valence-electron chi connectivity index (χ2n) is 5.56. The largest absolute Gasteiger partial charge is 0.481 e. The number of aryl methyl sites for hydroxylation is 1. The third-order valence-electron chi connectivity index (χ3n) is 3.86. The van der Waals surface area contributed by atoms with Crippen LogP contribution in [0.5, 0.6) is 0 Å². The van der Waals surface area contributed by atoms with Crippen LogP contribution in [0.25, 0.3) is 6.08 Å². The van der Waals surface area contributed by atoms with Crippen molar-refractivity contribution in [3.8, 4) is 0 Å². The van der Waals surface area contributed by atoms with Crippen LogP contribution in [0.2, 0.25) is 0 Å². The molecule has 0 radical (unpaired) electrons. The molecule has 0 aromatic heterocycles. The Morgan fingerprint density at radius 2 is 1.75 bits per heavy atom. The van der Waals surface area contributed by atoms with Gasteiger partial charge < -0.3 is 10.0 Å². The van der Waals surface area contributed by atoms with Gasteiger partial charge in [0.1, 0.15) is 0 Å². The van der Waals surface area contributed by atoms with Gasteiger partial charge in [-0.05, 0) is 29.7 Å². The average molecular weight is 323 g/mol. The third-order valence-corrected chi connectivity index (χ3v) is 3.86. The molecular formula is C20H21NO3. The third kappa shape index (κ3) is 4.32. The molecular weight excluding hydrogens is 302 g/mol. The first-order chi connectivity index (χ1) is 11.5. The Morgan fingerprint density at radius 3 is 2.42 bits per heavy atom. The quantitative estimate of drug-likeness (QED) is 0.836. The molecule has 0 spiro atoms. The van der Waals surface area contributed by atoms with E-state index in [9.17, 15) is 9.59 Å². The Kier molecular flexibility index (Phi) is 5.90. The fourth-order valence-corrected chi connectivity index (χ4v) is 2.57. The van der Waals surface area contributed by atoms with Crippen molar-refractivity contribution >= 4 is 23.6 Å². The van der Waals surface area contributed by atoms with E-state index >= 15 is 0 Å². The van der Waals surface area contributed by atoms with E-state index in [0.717, 1.165) is 22.4 Å². The van der Waals surface area contributed by atoms with E-state index in [0.29, 0.717) is 6.54 Å². The highest BCUT2D eigenvalue weighted by Gasteiger charge is 2.19. The topological polar surface area (TPSA) is 57.6 Å². The van der Waals surface area contributed by atoms with Crippen molar-refractivity contribution in [3.05, 3.63) is 71.8 Å². The smallest absolute Gasteiger partial charge is 0.303 e. The number of nitrogens with zero attached hydrogens (tertiary/aromatic N) is 1. The molecule has 2 rings (SSSR count). The van der Waals surface area contributed by atoms with E-state index in [1.807, 2.05) is 55.5 Å². The van der Waals surface area contributed by atoms with Gasteiger partial charge in [-0.25, -0.2) is 0 Å². The van der Waals surface area contributed by atoms with Gasteiger partial charge in [0.05, 0.1) is 13.0 Å². The monoisotopic (exact) mass is 323 g/mol. The zero-order chi connectivity index (χ0) is 17.5. The van der Waals surface area contributed by atoms with Crippen LogP contribution in [-0.2, 0) is 16.1 Å². The number of carboxylic acid groups (broad SMARTS) is 1. The molecule has 2 aromatic rings. The molecule has 124 valence electrons. The fraction of sp³-hybridized carbons (Fsp3) is 0.200. The summed E-state index contributed by atoms with van der Waals surface area (Å²) in [6.45, 7) is 6.13. The van der Waals surface area contributed by atoms with Gasteiger partial charge in [-0.2, -0.15) is 0 Å². The van der Waals surface area contributed by atoms with E-state index < -0.39 is 5.97 Å². The standard InChI is InChI=1S/C20H21NO3/c1-3-16-9-5-6-10-17(16)14-21(19(22)12-13-20(23)24)18-11-7-4-8-15(18)2/h3-11H,1,12-14H2,2H3,(H,23,24). The van der Waals surface area contributed by atoms with Gasteiger partial charge in [0.2, 0.25) is 5.91 Å². The van der Waals surface area contributed by atoms with Gasteiger partial charge in [0.15, 0.2) is 0 Å². The Balaban J connectivity index is 2.35. The lowest BCUT2D eigenvalue weighted by molar-refractivity contribution is -0.138. The van der Waals surface area contributed by atoms with Crippen molar-refractivity contribution in [3.63, 3.8) is 0 Å². The number of hydrogen-bond donors (Lipinski definition) is 1. The van der Waals surface area contributed by atoms with E-state index in [-0.39, 0.29) is 18.7 Å². The number of amides is 1. The zero-order valence-electron chi connectivity index (χ0n) is 13.7. The SMILES string of the molecule is C=Cc1ccccc1CN(C(=O)CCC(=O)O)c1ccccc1C. The summed E-state index contributed by atoms with van der Waals surface area (Å²) in [5, 5.41) is 8.86. The first kappa shape index (κ1) is 17.5. The molecule has 24 heavy (non-hydrogen) atoms. The Labute approximate surface area is 142 Å². The molecule has 0 saturated carbocycles. The van der Waals surface area contributed by atoms with Crippen molar-refractivity contribution in [1.29, 1.82) is 0 Å². The lowest BCUT2D eigenvalue weighted by atomic mass is 10.1. The van der Waals surface area contributed by atoms with Crippen LogP contribution in [-0.4, -0.2) is 17.0 Å². The highest BCUT2D eigenvalue weighted by Crippen LogP contribution is 2.24. The molecule has 0 atom stereocenters. The van der Waals surface area contributed by atoms with Crippen LogP contribution in [0, 0.1) is 6.92 Å². The van der Waals surface area contributed by atoms with Crippen LogP contribution < -0.4 is 4.90 Å². The highest BCUT2D eigenvalue weighted by atomic mass is 16.4. The normalized spacial score (nSPS) is 10.2. The summed E-state index contributed by atoms with van der Waals surface area (Å²) < 4.78 is 0. The first-order valence-electron chi connectivity index (χ1n) is 7.81. The summed E-state index contributed by atoms with van der Waals surface area (Å²) in [7, 11) is 0. The average Bonchev–Trinajstić information content (AvgIpc) is 2.58. The molecule has 0 fully saturated rings. The number of carbonyl (C=O) groups excluding carboxylic acids is 1. The molecule has 4 nitrogen and oxygen atoms in total. The number of aliphatic carboxylic acids is 1. The van der Waals surface area contributed by atoms with Crippen LogP contribution in [0.1, 0.15) is 29.5 Å². The highest BCUT2D eigenvalue weighted by molar-refractivity contribution is 5.95. The Morgan fingerprint density at radius 1 is 1.08 bits per heavy atom. The minimum Gasteiger partial charge on any atom is -0.481 e. The van der Waals surface area contributed by atoms with Crippen LogP contribution in [0.4, 0.5) is 5.69 Å². The van der Waals surface area contributed by atoms with E-state index in [2.05, 4.69) is 6.58 Å². The maximum absolute atomic E-state index is 12.6. The molecule has 0 bridgehead atoms. The molecule has 0 heterocycles. The molecule has 4 heteroatoms. The number of carbonyl (C=O) groups is 2. The Bertz CT molecular complexity index is 752. The van der Waals surface area contributed by atoms with Crippen LogP contribution in [0.3, 0.4) is 0 Å². The second kappa shape index (κ2) is 8.11. The molecule has 0 aliphatic rings. The molecule has 0 aliphatic heterocycles. The lowest BCUT2D eigenvalue weighted by Crippen LogP contribution is -2.31. The molecule has 0 saturated heterocycles. The van der Waals surface area contributed by atoms with Gasteiger partial charge in [-0.15, -0.1) is 0 Å². The number of carboxylic acids is 1. The van der Waals surface area contributed by atoms with Gasteiger partial charge >= 0.3 is 5.97 Å². The molecule has 0 aliphatic carbocycles. The van der Waals surface area contributed by atoms with E-state index in [4.69, 9.17) is 5.11 Å². The maximum Gasteiger partial charge on any atom is 0.303 e. The van der Waals surface area contributed by atoms with E-state index in [1.165, 1.54) is 0 Å². The molecule has 2 aromatic carbocycles. The molecule has 0 unspecified atom stereocenters. The number of rotatable bonds is 7. The van der Waals surface area contributed by atoms with Crippen molar-refractivity contribution < 1.29 is 14.7 Å². The number of benzene rings is 2. The van der Waals surface area contributed by atoms with Gasteiger partial charge in [0, 0.05) is 12.1 Å². The maximum atomic E-state index is 12.6. The van der Waals surface area contributed by atoms with Crippen LogP contribution >= 0.6 is 0 Å². The van der Waals surface area contributed by atoms with Gasteiger partial charge in [0.25, 0.3) is 0 Å². The minimum atomic E-state index is -0.973. The van der Waals surface area contributed by atoms with Crippen LogP contribution in [0.15, 0.2) is 55.1 Å². The summed E-state index contributed by atoms with van der Waals surface area (Å²) in [4.78, 5) is 25.1. The zero-order valence-corrected chi connectivity index (χ0v) is 13.7. The minimum absolute atomic E-state index is 0.0279. The predicted molar refractivity (Wildman–Crippen MR) is 95.8 cm³/mol. The fourth-order valence-electron chi connectivity index (χ4n) is 2.57. The summed E-state index contributed by atoms with van der Waals surface area (Å²) >= 11 is 0. The summed E-state index contributed by atoms with van der Waals surface area (Å²) in [5.41, 5.74) is 3.70. The number of para-hydroxylation sites is 1. The predicted octanol–water partition coefficient (Wildman–Crippen LogP) is 4.04. The van der Waals surface area contributed by atoms with Crippen molar-refractivity contribution in [2.24, 2.45) is 0 Å². The second-order valence-corrected chi connectivity index (χ2v) is 5.56. The number of anilines is 1. The lowest BCUT2D eigenvalue weighted by Gasteiger charge is -2.25. The van der Waals surface area contributed by atoms with Gasteiger partial charge in [-0.1, -0.05) is 55.1 Å². The van der Waals surface area contributed by atoms with E-state index in [1.54, 1.807) is 11.0 Å². The van der Waals surface area contributed by atoms with Crippen molar-refractivity contribution in [1.82, 2.24) is 0 Å². The number of hydrogen-bond acceptors (Lipinski definition) is 2. The summed E-state index contributed by atoms with van der Waals surface area (Å²) in [6, 6.07) is 15.3. The van der Waals surface area contributed by atoms with Gasteiger partial charge in [-0.3, -0.25) is 9.59 Å². The van der Waals surface area contributed by atoms with Crippen molar-refractivity contribution in [2.75, 3.05) is 4.90 Å². The molecule has 1 amide bonds. The molecule has 1 N–H and O–H groups in total. The Hall–Kier alpha value is -2.88. The summed E-state index contributed by atoms with van der Waals surface area (Å²) in [5.74, 6) is -1.18. The first-order valence-corrected chi connectivity index (χ1v) is 7.81.